The van der Waals surface area contributed by atoms with Gasteiger partial charge in [-0.05, 0) is 36.8 Å². The van der Waals surface area contributed by atoms with Gasteiger partial charge < -0.3 is 24.8 Å². The SMILES string of the molecule is O=C(/C=C/CN1C[C@@H]2OCCO[C@@H]2C1)Nc1cc2c(Nc3ccc(F)c(Cl)c3)ncnc2cc1C#CC1CCOC1. The minimum Gasteiger partial charge on any atom is -0.380 e. The highest BCUT2D eigenvalue weighted by molar-refractivity contribution is 6.31. The van der Waals surface area contributed by atoms with E-state index in [1.807, 2.05) is 12.1 Å². The van der Waals surface area contributed by atoms with Crippen molar-refractivity contribution in [3.63, 3.8) is 0 Å². The molecule has 1 aromatic heterocycles. The summed E-state index contributed by atoms with van der Waals surface area (Å²) < 4.78 is 30.7. The summed E-state index contributed by atoms with van der Waals surface area (Å²) in [5.41, 5.74) is 2.37. The Hall–Kier alpha value is -3.59. The van der Waals surface area contributed by atoms with Crippen LogP contribution in [0.1, 0.15) is 12.0 Å². The average molecular weight is 578 g/mol. The molecule has 3 aliphatic rings. The number of ether oxygens (including phenoxy) is 3. The first kappa shape index (κ1) is 27.6. The molecule has 4 heterocycles. The second-order valence-electron chi connectivity index (χ2n) is 10.1. The Morgan fingerprint density at radius 1 is 1.15 bits per heavy atom. The van der Waals surface area contributed by atoms with Gasteiger partial charge in [0.1, 0.15) is 18.0 Å². The number of likely N-dealkylation sites (tertiary alicyclic amines) is 1. The lowest BCUT2D eigenvalue weighted by Gasteiger charge is -2.24. The van der Waals surface area contributed by atoms with Crippen LogP contribution in [-0.4, -0.2) is 79.0 Å². The summed E-state index contributed by atoms with van der Waals surface area (Å²) in [4.78, 5) is 24.0. The molecular weight excluding hydrogens is 549 g/mol. The molecule has 1 amide bonds. The number of hydrogen-bond acceptors (Lipinski definition) is 8. The summed E-state index contributed by atoms with van der Waals surface area (Å²) >= 11 is 5.96. The van der Waals surface area contributed by atoms with Crippen molar-refractivity contribution in [1.82, 2.24) is 14.9 Å². The lowest BCUT2D eigenvalue weighted by atomic mass is 10.1. The van der Waals surface area contributed by atoms with E-state index in [4.69, 9.17) is 25.8 Å². The number of rotatable bonds is 6. The molecule has 0 saturated carbocycles. The Bertz CT molecular complexity index is 1520. The standard InChI is InChI=1S/C30H29ClFN5O4/c31-23-13-21(5-6-24(23)32)35-30-22-14-25(20(12-26(22)33-18-34-30)4-3-19-7-9-39-17-19)36-29(38)2-1-8-37-15-27-28(16-37)41-11-10-40-27/h1-2,5-6,12-14,18-19,27-28H,7-11,15-17H2,(H,36,38)(H,33,34,35)/b2-1+/t19?,27-,28+. The van der Waals surface area contributed by atoms with Crippen molar-refractivity contribution in [2.75, 3.05) is 56.7 Å². The van der Waals surface area contributed by atoms with Crippen LogP contribution in [0.2, 0.25) is 5.02 Å². The first-order valence-electron chi connectivity index (χ1n) is 13.5. The predicted octanol–water partition coefficient (Wildman–Crippen LogP) is 4.15. The van der Waals surface area contributed by atoms with E-state index in [2.05, 4.69) is 37.3 Å². The number of anilines is 3. The van der Waals surface area contributed by atoms with Gasteiger partial charge in [-0.1, -0.05) is 29.5 Å². The van der Waals surface area contributed by atoms with Crippen LogP contribution < -0.4 is 10.6 Å². The van der Waals surface area contributed by atoms with E-state index < -0.39 is 5.82 Å². The summed E-state index contributed by atoms with van der Waals surface area (Å²) in [5, 5.41) is 6.80. The van der Waals surface area contributed by atoms with Crippen LogP contribution in [0.15, 0.2) is 48.8 Å². The van der Waals surface area contributed by atoms with Gasteiger partial charge in [-0.2, -0.15) is 0 Å². The molecule has 3 aromatic rings. The zero-order valence-electron chi connectivity index (χ0n) is 22.2. The van der Waals surface area contributed by atoms with E-state index in [0.29, 0.717) is 66.6 Å². The summed E-state index contributed by atoms with van der Waals surface area (Å²) in [6.45, 7) is 4.70. The van der Waals surface area contributed by atoms with Crippen molar-refractivity contribution >= 4 is 45.6 Å². The van der Waals surface area contributed by atoms with E-state index in [9.17, 15) is 9.18 Å². The van der Waals surface area contributed by atoms with Crippen molar-refractivity contribution < 1.29 is 23.4 Å². The van der Waals surface area contributed by atoms with E-state index in [-0.39, 0.29) is 29.1 Å². The van der Waals surface area contributed by atoms with E-state index >= 15 is 0 Å². The number of carbonyl (C=O) groups excluding carboxylic acids is 1. The van der Waals surface area contributed by atoms with Gasteiger partial charge in [0, 0.05) is 49.3 Å². The zero-order chi connectivity index (χ0) is 28.2. The van der Waals surface area contributed by atoms with Crippen molar-refractivity contribution in [3.05, 3.63) is 65.2 Å². The normalized spacial score (nSPS) is 22.4. The molecule has 6 rings (SSSR count). The number of carbonyl (C=O) groups is 1. The second kappa shape index (κ2) is 12.5. The van der Waals surface area contributed by atoms with Crippen LogP contribution >= 0.6 is 11.6 Å². The number of amides is 1. The fraction of sp³-hybridized carbons (Fsp3) is 0.367. The molecule has 1 unspecified atom stereocenters. The Morgan fingerprint density at radius 2 is 1.98 bits per heavy atom. The molecule has 2 N–H and O–H groups in total. The van der Waals surface area contributed by atoms with E-state index in [1.54, 1.807) is 12.1 Å². The van der Waals surface area contributed by atoms with Crippen molar-refractivity contribution in [2.45, 2.75) is 18.6 Å². The molecule has 0 radical (unpaired) electrons. The largest absolute Gasteiger partial charge is 0.380 e. The lowest BCUT2D eigenvalue weighted by molar-refractivity contribution is -0.116. The van der Waals surface area contributed by atoms with E-state index in [1.165, 1.54) is 24.5 Å². The molecule has 11 heteroatoms. The average Bonchev–Trinajstić information content (AvgIpc) is 3.64. The van der Waals surface area contributed by atoms with E-state index in [0.717, 1.165) is 19.5 Å². The predicted molar refractivity (Wildman–Crippen MR) is 154 cm³/mol. The van der Waals surface area contributed by atoms with Crippen molar-refractivity contribution in [3.8, 4) is 11.8 Å². The summed E-state index contributed by atoms with van der Waals surface area (Å²) in [6.07, 6.45) is 5.84. The highest BCUT2D eigenvalue weighted by Crippen LogP contribution is 2.30. The maximum atomic E-state index is 13.7. The van der Waals surface area contributed by atoms with Crippen LogP contribution in [0.4, 0.5) is 21.6 Å². The summed E-state index contributed by atoms with van der Waals surface area (Å²) in [6, 6.07) is 7.95. The Morgan fingerprint density at radius 3 is 2.73 bits per heavy atom. The number of nitrogens with one attached hydrogen (secondary N) is 2. The van der Waals surface area contributed by atoms with Crippen LogP contribution in [-0.2, 0) is 19.0 Å². The van der Waals surface area contributed by atoms with Crippen molar-refractivity contribution in [1.29, 1.82) is 0 Å². The molecule has 2 aromatic carbocycles. The molecule has 0 spiro atoms. The summed E-state index contributed by atoms with van der Waals surface area (Å²) in [7, 11) is 0. The number of hydrogen-bond donors (Lipinski definition) is 2. The number of nitrogens with zero attached hydrogens (tertiary/aromatic N) is 3. The molecule has 0 bridgehead atoms. The second-order valence-corrected chi connectivity index (χ2v) is 10.6. The van der Waals surface area contributed by atoms with Crippen molar-refractivity contribution in [2.24, 2.45) is 5.92 Å². The first-order chi connectivity index (χ1) is 20.0. The molecule has 3 fully saturated rings. The maximum Gasteiger partial charge on any atom is 0.248 e. The van der Waals surface area contributed by atoms with Gasteiger partial charge >= 0.3 is 0 Å². The van der Waals surface area contributed by atoms with Gasteiger partial charge in [-0.25, -0.2) is 14.4 Å². The third-order valence-electron chi connectivity index (χ3n) is 7.23. The molecule has 212 valence electrons. The highest BCUT2D eigenvalue weighted by Gasteiger charge is 2.35. The fourth-order valence-corrected chi connectivity index (χ4v) is 5.30. The molecule has 0 aliphatic carbocycles. The zero-order valence-corrected chi connectivity index (χ0v) is 23.0. The number of aromatic nitrogens is 2. The van der Waals surface area contributed by atoms with Crippen LogP contribution in [0, 0.1) is 23.6 Å². The number of benzene rings is 2. The van der Waals surface area contributed by atoms with Crippen LogP contribution in [0.25, 0.3) is 10.9 Å². The minimum absolute atomic E-state index is 0.00528. The molecular formula is C30H29ClFN5O4. The highest BCUT2D eigenvalue weighted by atomic mass is 35.5. The smallest absolute Gasteiger partial charge is 0.248 e. The number of halogens is 2. The molecule has 9 nitrogen and oxygen atoms in total. The fourth-order valence-electron chi connectivity index (χ4n) is 5.12. The third-order valence-corrected chi connectivity index (χ3v) is 7.52. The van der Waals surface area contributed by atoms with Gasteiger partial charge in [0.25, 0.3) is 0 Å². The van der Waals surface area contributed by atoms with Gasteiger partial charge in [0.15, 0.2) is 0 Å². The monoisotopic (exact) mass is 577 g/mol. The van der Waals surface area contributed by atoms with Gasteiger partial charge in [0.2, 0.25) is 5.91 Å². The van der Waals surface area contributed by atoms with Crippen LogP contribution in [0.3, 0.4) is 0 Å². The molecule has 41 heavy (non-hydrogen) atoms. The van der Waals surface area contributed by atoms with Gasteiger partial charge in [-0.15, -0.1) is 0 Å². The molecule has 3 atom stereocenters. The molecule has 3 aliphatic heterocycles. The Kier molecular flexibility index (Phi) is 8.41. The van der Waals surface area contributed by atoms with Gasteiger partial charge in [0.05, 0.1) is 53.8 Å². The topological polar surface area (TPSA) is 97.8 Å². The summed E-state index contributed by atoms with van der Waals surface area (Å²) in [5.74, 6) is 6.31. The molecule has 3 saturated heterocycles. The maximum absolute atomic E-state index is 13.7. The van der Waals surface area contributed by atoms with Gasteiger partial charge in [-0.3, -0.25) is 9.69 Å². The first-order valence-corrected chi connectivity index (χ1v) is 13.9. The third kappa shape index (κ3) is 6.67. The Labute approximate surface area is 242 Å². The number of fused-ring (bicyclic) bond motifs is 2. The van der Waals surface area contributed by atoms with Crippen LogP contribution in [0.5, 0.6) is 0 Å². The lowest BCUT2D eigenvalue weighted by Crippen LogP contribution is -2.36. The minimum atomic E-state index is -0.511. The quantitative estimate of drug-likeness (QED) is 0.333. The Balaban J connectivity index is 1.23.